The third-order valence-electron chi connectivity index (χ3n) is 12.7. The Morgan fingerprint density at radius 3 is 1.04 bits per heavy atom. The van der Waals surface area contributed by atoms with E-state index in [9.17, 15) is 0 Å². The second-order valence-corrected chi connectivity index (χ2v) is 17.7. The molecule has 0 radical (unpaired) electrons. The number of ether oxygens (including phenoxy) is 2. The van der Waals surface area contributed by atoms with Gasteiger partial charge in [-0.3, -0.25) is 4.57 Å². The zero-order valence-electron chi connectivity index (χ0n) is 40.3. The number of aromatic nitrogens is 2. The molecule has 7 heteroatoms. The zero-order valence-corrected chi connectivity index (χ0v) is 40.3. The van der Waals surface area contributed by atoms with Gasteiger partial charge in [0.25, 0.3) is 0 Å². The lowest BCUT2D eigenvalue weighted by Crippen LogP contribution is -2.13. The van der Waals surface area contributed by atoms with Crippen molar-refractivity contribution in [2.45, 2.75) is 0 Å². The van der Waals surface area contributed by atoms with E-state index in [1.54, 1.807) is 0 Å². The summed E-state index contributed by atoms with van der Waals surface area (Å²) in [6.07, 6.45) is 0. The lowest BCUT2D eigenvalue weighted by atomic mass is 10.1. The molecule has 0 amide bonds. The maximum Gasteiger partial charge on any atom is 0.145 e. The van der Waals surface area contributed by atoms with Gasteiger partial charge < -0.3 is 24.2 Å². The van der Waals surface area contributed by atoms with Crippen molar-refractivity contribution < 1.29 is 9.47 Å². The second kappa shape index (κ2) is 20.7. The monoisotopic (exact) mass is 955 g/mol. The van der Waals surface area contributed by atoms with Gasteiger partial charge in [0.2, 0.25) is 0 Å². The molecule has 12 aromatic rings. The van der Waals surface area contributed by atoms with Crippen LogP contribution in [-0.4, -0.2) is 9.55 Å². The number of rotatable bonds is 15. The van der Waals surface area contributed by atoms with Crippen LogP contribution in [0.25, 0.3) is 28.1 Å². The third-order valence-corrected chi connectivity index (χ3v) is 12.7. The number of benzene rings is 11. The van der Waals surface area contributed by atoms with Crippen molar-refractivity contribution in [1.29, 1.82) is 0 Å². The van der Waals surface area contributed by atoms with E-state index in [2.05, 4.69) is 232 Å². The van der Waals surface area contributed by atoms with Crippen molar-refractivity contribution in [3.63, 3.8) is 0 Å². The zero-order chi connectivity index (χ0) is 49.5. The molecular formula is C67H49N5O2. The Morgan fingerprint density at radius 2 is 0.622 bits per heavy atom. The molecule has 11 aromatic carbocycles. The number of imidazole rings is 1. The molecule has 74 heavy (non-hydrogen) atoms. The van der Waals surface area contributed by atoms with Crippen LogP contribution in [0.4, 0.5) is 51.2 Å². The highest BCUT2D eigenvalue weighted by molar-refractivity contribution is 5.87. The third kappa shape index (κ3) is 9.56. The molecule has 12 rings (SSSR count). The number of nitrogens with zero attached hydrogens (tertiary/aromatic N) is 5. The predicted molar refractivity (Wildman–Crippen MR) is 304 cm³/mol. The lowest BCUT2D eigenvalue weighted by Gasteiger charge is -2.30. The van der Waals surface area contributed by atoms with Gasteiger partial charge in [-0.15, -0.1) is 0 Å². The van der Waals surface area contributed by atoms with E-state index in [0.29, 0.717) is 23.0 Å². The molecule has 0 spiro atoms. The molecule has 354 valence electrons. The van der Waals surface area contributed by atoms with E-state index >= 15 is 0 Å². The van der Waals surface area contributed by atoms with Gasteiger partial charge in [0.05, 0.1) is 33.8 Å². The summed E-state index contributed by atoms with van der Waals surface area (Å²) in [5, 5.41) is 0. The smallest absolute Gasteiger partial charge is 0.145 e. The summed E-state index contributed by atoms with van der Waals surface area (Å²) < 4.78 is 16.2. The molecule has 7 nitrogen and oxygen atoms in total. The Hall–Kier alpha value is -10.1. The molecule has 0 N–H and O–H groups in total. The fourth-order valence-electron chi connectivity index (χ4n) is 9.52. The van der Waals surface area contributed by atoms with Crippen LogP contribution in [0.1, 0.15) is 0 Å². The van der Waals surface area contributed by atoms with E-state index in [0.717, 1.165) is 79.3 Å². The molecule has 0 aliphatic heterocycles. The Labute approximate surface area is 431 Å². The lowest BCUT2D eigenvalue weighted by molar-refractivity contribution is 0.460. The Bertz CT molecular complexity index is 3570. The highest BCUT2D eigenvalue weighted by Gasteiger charge is 2.22. The molecule has 0 unspecified atom stereocenters. The summed E-state index contributed by atoms with van der Waals surface area (Å²) in [6, 6.07) is 102. The van der Waals surface area contributed by atoms with E-state index in [1.165, 1.54) is 0 Å². The molecule has 0 atom stereocenters. The fraction of sp³-hybridized carbons (Fsp3) is 0. The SMILES string of the molecule is c1ccc(-c2nc3ccccc3n2-c2cc(Oc3cccc(Oc4cc(N(c5ccccc5)c5ccccc5)cc(N(c5ccccc5)c5ccccc5)c4)c3)cc(N(c3ccccc3)c3ccccc3)c2)cc1. The fourth-order valence-corrected chi connectivity index (χ4v) is 9.52. The minimum Gasteiger partial charge on any atom is -0.457 e. The summed E-state index contributed by atoms with van der Waals surface area (Å²) in [4.78, 5) is 12.0. The first-order valence-corrected chi connectivity index (χ1v) is 24.7. The van der Waals surface area contributed by atoms with Gasteiger partial charge >= 0.3 is 0 Å². The van der Waals surface area contributed by atoms with Gasteiger partial charge in [-0.2, -0.15) is 0 Å². The normalized spacial score (nSPS) is 11.0. The Balaban J connectivity index is 0.982. The number of hydrogen-bond donors (Lipinski definition) is 0. The van der Waals surface area contributed by atoms with Crippen molar-refractivity contribution in [2.75, 3.05) is 14.7 Å². The summed E-state index contributed by atoms with van der Waals surface area (Å²) in [6.45, 7) is 0. The van der Waals surface area contributed by atoms with Crippen LogP contribution in [0.15, 0.2) is 297 Å². The topological polar surface area (TPSA) is 46.0 Å². The molecule has 0 saturated heterocycles. The maximum atomic E-state index is 7.01. The number of anilines is 9. The average molecular weight is 956 g/mol. The molecule has 0 aliphatic carbocycles. The van der Waals surface area contributed by atoms with Gasteiger partial charge in [-0.25, -0.2) is 4.98 Å². The van der Waals surface area contributed by atoms with Crippen LogP contribution in [-0.2, 0) is 0 Å². The minimum atomic E-state index is 0.608. The van der Waals surface area contributed by atoms with Crippen molar-refractivity contribution >= 4 is 62.2 Å². The van der Waals surface area contributed by atoms with Crippen LogP contribution in [0.2, 0.25) is 0 Å². The van der Waals surface area contributed by atoms with Gasteiger partial charge in [0.15, 0.2) is 0 Å². The van der Waals surface area contributed by atoms with Crippen molar-refractivity contribution in [2.24, 2.45) is 0 Å². The van der Waals surface area contributed by atoms with Crippen LogP contribution < -0.4 is 24.2 Å². The molecular weight excluding hydrogens is 907 g/mol. The minimum absolute atomic E-state index is 0.608. The van der Waals surface area contributed by atoms with Gasteiger partial charge in [-0.1, -0.05) is 158 Å². The van der Waals surface area contributed by atoms with Crippen LogP contribution >= 0.6 is 0 Å². The number of hydrogen-bond acceptors (Lipinski definition) is 6. The van der Waals surface area contributed by atoms with E-state index in [4.69, 9.17) is 14.5 Å². The van der Waals surface area contributed by atoms with Crippen LogP contribution in [0.3, 0.4) is 0 Å². The van der Waals surface area contributed by atoms with Crippen LogP contribution in [0, 0.1) is 0 Å². The second-order valence-electron chi connectivity index (χ2n) is 17.7. The maximum absolute atomic E-state index is 7.01. The number of para-hydroxylation sites is 8. The summed E-state index contributed by atoms with van der Waals surface area (Å²) >= 11 is 0. The highest BCUT2D eigenvalue weighted by Crippen LogP contribution is 2.45. The standard InChI is InChI=1S/C67H49N5O2/c1-8-25-50(26-9-1)67-68-65-41-22-23-42-66(65)72(67)60-44-59(71(55-35-18-6-19-36-55)56-37-20-7-21-38-56)47-64(48-60)74-62-40-24-39-61(49-62)73-63-45-57(69(51-27-10-2-11-28-51)52-29-12-3-13-30-52)43-58(46-63)70(53-31-14-4-15-32-53)54-33-16-5-17-34-54/h1-49H. The molecule has 0 fully saturated rings. The van der Waals surface area contributed by atoms with Gasteiger partial charge in [0, 0.05) is 70.0 Å². The van der Waals surface area contributed by atoms with Gasteiger partial charge in [-0.05, 0) is 109 Å². The molecule has 0 aliphatic rings. The first kappa shape index (κ1) is 45.1. The Morgan fingerprint density at radius 1 is 0.270 bits per heavy atom. The van der Waals surface area contributed by atoms with Crippen molar-refractivity contribution in [3.8, 4) is 40.1 Å². The summed E-state index contributed by atoms with van der Waals surface area (Å²) in [5.41, 5.74) is 12.6. The number of fused-ring (bicyclic) bond motifs is 1. The molecule has 0 saturated carbocycles. The average Bonchev–Trinajstić information content (AvgIpc) is 3.87. The highest BCUT2D eigenvalue weighted by atomic mass is 16.5. The first-order chi connectivity index (χ1) is 36.7. The van der Waals surface area contributed by atoms with E-state index in [-0.39, 0.29) is 0 Å². The Kier molecular flexibility index (Phi) is 12.6. The first-order valence-electron chi connectivity index (χ1n) is 24.7. The molecule has 1 aromatic heterocycles. The van der Waals surface area contributed by atoms with Gasteiger partial charge in [0.1, 0.15) is 28.8 Å². The van der Waals surface area contributed by atoms with Crippen molar-refractivity contribution in [3.05, 3.63) is 297 Å². The molecule has 0 bridgehead atoms. The van der Waals surface area contributed by atoms with E-state index in [1.807, 2.05) is 84.9 Å². The van der Waals surface area contributed by atoms with Crippen LogP contribution in [0.5, 0.6) is 23.0 Å². The molecule has 1 heterocycles. The van der Waals surface area contributed by atoms with E-state index < -0.39 is 0 Å². The summed E-state index contributed by atoms with van der Waals surface area (Å²) in [7, 11) is 0. The predicted octanol–water partition coefficient (Wildman–Crippen LogP) is 18.7. The quantitative estimate of drug-likeness (QED) is 0.102. The summed E-state index contributed by atoms with van der Waals surface area (Å²) in [5.74, 6) is 3.33. The van der Waals surface area contributed by atoms with Crippen molar-refractivity contribution in [1.82, 2.24) is 9.55 Å². The largest absolute Gasteiger partial charge is 0.457 e.